The summed E-state index contributed by atoms with van der Waals surface area (Å²) in [5.41, 5.74) is 1.15. The zero-order valence-electron chi connectivity index (χ0n) is 10.4. The summed E-state index contributed by atoms with van der Waals surface area (Å²) < 4.78 is 5.43. The molecular weight excluding hydrogens is 246 g/mol. The number of nitrogens with zero attached hydrogens (tertiary/aromatic N) is 2. The summed E-state index contributed by atoms with van der Waals surface area (Å²) in [5, 5.41) is 13.8. The molecule has 1 aromatic heterocycles. The molecule has 6 heteroatoms. The number of ether oxygens (including phenoxy) is 1. The third kappa shape index (κ3) is 2.98. The first kappa shape index (κ1) is 12.8. The predicted octanol–water partition coefficient (Wildman–Crippen LogP) is 2.61. The summed E-state index contributed by atoms with van der Waals surface area (Å²) in [4.78, 5) is 14.5. The van der Waals surface area contributed by atoms with E-state index in [2.05, 4.69) is 10.3 Å². The van der Waals surface area contributed by atoms with Gasteiger partial charge in [-0.05, 0) is 11.6 Å². The van der Waals surface area contributed by atoms with Gasteiger partial charge >= 0.3 is 5.69 Å². The minimum atomic E-state index is -0.501. The van der Waals surface area contributed by atoms with Crippen LogP contribution in [0.5, 0.6) is 5.88 Å². The number of nitro groups is 1. The molecular formula is C13H13N3O3. The average molecular weight is 259 g/mol. The summed E-state index contributed by atoms with van der Waals surface area (Å²) >= 11 is 0. The van der Waals surface area contributed by atoms with Gasteiger partial charge in [-0.25, -0.2) is 4.98 Å². The van der Waals surface area contributed by atoms with E-state index in [1.807, 2.05) is 30.3 Å². The molecule has 0 fully saturated rings. The van der Waals surface area contributed by atoms with E-state index in [1.165, 1.54) is 12.3 Å². The number of hydrogen-bond acceptors (Lipinski definition) is 5. The minimum Gasteiger partial charge on any atom is -0.468 e. The zero-order chi connectivity index (χ0) is 13.7. The molecule has 98 valence electrons. The summed E-state index contributed by atoms with van der Waals surface area (Å²) in [6, 6.07) is 11.0. The Morgan fingerprint density at radius 2 is 2.05 bits per heavy atom. The lowest BCUT2D eigenvalue weighted by Crippen LogP contribution is -2.03. The fourth-order valence-electron chi connectivity index (χ4n) is 1.64. The van der Waals surface area contributed by atoms with Gasteiger partial charge in [0.15, 0.2) is 0 Å². The molecule has 0 amide bonds. The van der Waals surface area contributed by atoms with Crippen molar-refractivity contribution < 1.29 is 9.66 Å². The number of nitrogens with one attached hydrogen (secondary N) is 1. The van der Waals surface area contributed by atoms with Gasteiger partial charge in [-0.2, -0.15) is 0 Å². The van der Waals surface area contributed by atoms with Gasteiger partial charge in [-0.3, -0.25) is 10.1 Å². The molecule has 0 spiro atoms. The molecule has 0 bridgehead atoms. The molecule has 0 atom stereocenters. The van der Waals surface area contributed by atoms with Crippen molar-refractivity contribution in [2.45, 2.75) is 6.61 Å². The number of anilines is 1. The van der Waals surface area contributed by atoms with Crippen LogP contribution in [-0.4, -0.2) is 17.0 Å². The maximum absolute atomic E-state index is 11.1. The van der Waals surface area contributed by atoms with Crippen LogP contribution >= 0.6 is 0 Å². The fourth-order valence-corrected chi connectivity index (χ4v) is 1.64. The number of aromatic nitrogens is 1. The maximum Gasteiger partial charge on any atom is 0.353 e. The predicted molar refractivity (Wildman–Crippen MR) is 71.2 cm³/mol. The highest BCUT2D eigenvalue weighted by Gasteiger charge is 2.21. The van der Waals surface area contributed by atoms with Crippen LogP contribution in [0.15, 0.2) is 42.6 Å². The van der Waals surface area contributed by atoms with Crippen molar-refractivity contribution in [1.29, 1.82) is 0 Å². The molecule has 0 aliphatic rings. The summed E-state index contributed by atoms with van der Waals surface area (Å²) in [6.07, 6.45) is 1.47. The molecule has 1 heterocycles. The molecule has 0 aliphatic carbocycles. The van der Waals surface area contributed by atoms with E-state index in [0.717, 1.165) is 5.56 Å². The molecule has 19 heavy (non-hydrogen) atoms. The van der Waals surface area contributed by atoms with E-state index in [9.17, 15) is 10.1 Å². The van der Waals surface area contributed by atoms with Crippen molar-refractivity contribution in [1.82, 2.24) is 4.98 Å². The van der Waals surface area contributed by atoms with E-state index < -0.39 is 4.92 Å². The third-order valence-corrected chi connectivity index (χ3v) is 2.56. The zero-order valence-corrected chi connectivity index (χ0v) is 10.4. The van der Waals surface area contributed by atoms with Crippen molar-refractivity contribution in [3.8, 4) is 5.88 Å². The van der Waals surface area contributed by atoms with Gasteiger partial charge in [-0.1, -0.05) is 30.3 Å². The first-order valence-corrected chi connectivity index (χ1v) is 5.70. The Morgan fingerprint density at radius 3 is 2.68 bits per heavy atom. The van der Waals surface area contributed by atoms with E-state index in [4.69, 9.17) is 4.74 Å². The largest absolute Gasteiger partial charge is 0.468 e. The van der Waals surface area contributed by atoms with Gasteiger partial charge in [0.05, 0.1) is 4.92 Å². The van der Waals surface area contributed by atoms with Crippen molar-refractivity contribution in [3.05, 3.63) is 58.3 Å². The first-order chi connectivity index (χ1) is 9.22. The maximum atomic E-state index is 11.1. The summed E-state index contributed by atoms with van der Waals surface area (Å²) in [5.74, 6) is 0.0145. The smallest absolute Gasteiger partial charge is 0.353 e. The first-order valence-electron chi connectivity index (χ1n) is 5.70. The fraction of sp³-hybridized carbons (Fsp3) is 0.154. The number of hydrogen-bond donors (Lipinski definition) is 1. The molecule has 6 nitrogen and oxygen atoms in total. The molecule has 0 radical (unpaired) electrons. The Morgan fingerprint density at radius 1 is 1.32 bits per heavy atom. The van der Waals surface area contributed by atoms with Gasteiger partial charge in [0.1, 0.15) is 12.3 Å². The van der Waals surface area contributed by atoms with E-state index in [1.54, 1.807) is 7.05 Å². The van der Waals surface area contributed by atoms with Crippen LogP contribution in [0.2, 0.25) is 0 Å². The Kier molecular flexibility index (Phi) is 3.92. The number of benzene rings is 1. The normalized spacial score (nSPS) is 9.95. The Labute approximate surface area is 110 Å². The second-order valence-electron chi connectivity index (χ2n) is 3.79. The molecule has 0 saturated carbocycles. The van der Waals surface area contributed by atoms with Crippen LogP contribution in [-0.2, 0) is 6.61 Å². The second kappa shape index (κ2) is 5.81. The lowest BCUT2D eigenvalue weighted by Gasteiger charge is -2.08. The van der Waals surface area contributed by atoms with Crippen LogP contribution in [0, 0.1) is 10.1 Å². The minimum absolute atomic E-state index is 0.0145. The Bertz CT molecular complexity index is 573. The third-order valence-electron chi connectivity index (χ3n) is 2.56. The van der Waals surface area contributed by atoms with E-state index in [-0.39, 0.29) is 18.2 Å². The second-order valence-corrected chi connectivity index (χ2v) is 3.79. The number of rotatable bonds is 5. The lowest BCUT2D eigenvalue weighted by atomic mass is 10.2. The van der Waals surface area contributed by atoms with Crippen LogP contribution in [0.1, 0.15) is 5.56 Å². The Balaban J connectivity index is 2.23. The topological polar surface area (TPSA) is 77.3 Å². The molecule has 1 N–H and O–H groups in total. The highest BCUT2D eigenvalue weighted by Crippen LogP contribution is 2.32. The van der Waals surface area contributed by atoms with Gasteiger partial charge in [-0.15, -0.1) is 0 Å². The molecule has 0 saturated heterocycles. The van der Waals surface area contributed by atoms with Gasteiger partial charge in [0.25, 0.3) is 5.88 Å². The molecule has 2 rings (SSSR count). The summed E-state index contributed by atoms with van der Waals surface area (Å²) in [7, 11) is 1.61. The molecule has 0 unspecified atom stereocenters. The van der Waals surface area contributed by atoms with Crippen molar-refractivity contribution >= 4 is 11.4 Å². The van der Waals surface area contributed by atoms with Crippen molar-refractivity contribution in [2.24, 2.45) is 0 Å². The SMILES string of the molecule is CNc1ccnc(OCc2ccccc2)c1[N+](=O)[O-]. The molecule has 0 aliphatic heterocycles. The highest BCUT2D eigenvalue weighted by molar-refractivity contribution is 5.65. The average Bonchev–Trinajstić information content (AvgIpc) is 2.45. The van der Waals surface area contributed by atoms with Crippen LogP contribution in [0.25, 0.3) is 0 Å². The van der Waals surface area contributed by atoms with Crippen molar-refractivity contribution in [2.75, 3.05) is 12.4 Å². The molecule has 2 aromatic rings. The lowest BCUT2D eigenvalue weighted by molar-refractivity contribution is -0.385. The number of pyridine rings is 1. The standard InChI is InChI=1S/C13H13N3O3/c1-14-11-7-8-15-13(12(11)16(17)18)19-9-10-5-3-2-4-6-10/h2-8H,9H2,1H3,(H,14,15). The monoisotopic (exact) mass is 259 g/mol. The quantitative estimate of drug-likeness (QED) is 0.659. The molecule has 1 aromatic carbocycles. The van der Waals surface area contributed by atoms with Crippen LogP contribution < -0.4 is 10.1 Å². The van der Waals surface area contributed by atoms with Crippen LogP contribution in [0.4, 0.5) is 11.4 Å². The van der Waals surface area contributed by atoms with Crippen LogP contribution in [0.3, 0.4) is 0 Å². The van der Waals surface area contributed by atoms with E-state index in [0.29, 0.717) is 5.69 Å². The Hall–Kier alpha value is -2.63. The van der Waals surface area contributed by atoms with Gasteiger partial charge in [0, 0.05) is 13.2 Å². The van der Waals surface area contributed by atoms with E-state index >= 15 is 0 Å². The van der Waals surface area contributed by atoms with Gasteiger partial charge in [0.2, 0.25) is 0 Å². The highest BCUT2D eigenvalue weighted by atomic mass is 16.6. The summed E-state index contributed by atoms with van der Waals surface area (Å²) in [6.45, 7) is 0.238. The van der Waals surface area contributed by atoms with Crippen molar-refractivity contribution in [3.63, 3.8) is 0 Å². The van der Waals surface area contributed by atoms with Gasteiger partial charge < -0.3 is 10.1 Å².